The van der Waals surface area contributed by atoms with Crippen LogP contribution in [0.15, 0.2) is 24.3 Å². The zero-order chi connectivity index (χ0) is 10.8. The first-order valence-electron chi connectivity index (χ1n) is 4.34. The number of benzene rings is 1. The predicted molar refractivity (Wildman–Crippen MR) is 50.3 cm³/mol. The van der Waals surface area contributed by atoms with Crippen molar-refractivity contribution in [3.63, 3.8) is 0 Å². The van der Waals surface area contributed by atoms with Crippen LogP contribution in [-0.2, 0) is 4.74 Å². The number of nitro groups is 1. The van der Waals surface area contributed by atoms with Crippen molar-refractivity contribution in [3.8, 4) is 0 Å². The number of amides is 1. The quantitative estimate of drug-likeness (QED) is 0.587. The highest BCUT2D eigenvalue weighted by molar-refractivity contribution is 5.70. The standard InChI is InChI=1S/C9H8N2O4/c12-9-10-8(5-15-9)6-1-3-7(4-2-6)11(13)14/h1-4,8H,5H2,(H,10,12). The fourth-order valence-electron chi connectivity index (χ4n) is 1.39. The van der Waals surface area contributed by atoms with Gasteiger partial charge in [0.1, 0.15) is 6.61 Å². The number of alkyl carbamates (subject to hydrolysis) is 1. The first-order chi connectivity index (χ1) is 7.16. The molecule has 1 unspecified atom stereocenters. The Kier molecular flexibility index (Phi) is 2.24. The summed E-state index contributed by atoms with van der Waals surface area (Å²) in [6.45, 7) is 0.261. The lowest BCUT2D eigenvalue weighted by atomic mass is 10.1. The fourth-order valence-corrected chi connectivity index (χ4v) is 1.39. The summed E-state index contributed by atoms with van der Waals surface area (Å²) in [5.74, 6) is 0. The lowest BCUT2D eigenvalue weighted by molar-refractivity contribution is -0.384. The van der Waals surface area contributed by atoms with Crippen LogP contribution in [0.1, 0.15) is 11.6 Å². The lowest BCUT2D eigenvalue weighted by Gasteiger charge is -2.06. The Labute approximate surface area is 85.0 Å². The van der Waals surface area contributed by atoms with Crippen LogP contribution >= 0.6 is 0 Å². The van der Waals surface area contributed by atoms with Crippen molar-refractivity contribution < 1.29 is 14.5 Å². The third-order valence-corrected chi connectivity index (χ3v) is 2.18. The summed E-state index contributed by atoms with van der Waals surface area (Å²) in [5.41, 5.74) is 0.829. The molecule has 1 atom stereocenters. The third-order valence-electron chi connectivity index (χ3n) is 2.18. The minimum absolute atomic E-state index is 0.0315. The number of carbonyl (C=O) groups excluding carboxylic acids is 1. The molecule has 1 amide bonds. The van der Waals surface area contributed by atoms with E-state index in [2.05, 4.69) is 5.32 Å². The van der Waals surface area contributed by atoms with E-state index in [0.717, 1.165) is 5.56 Å². The number of carbonyl (C=O) groups is 1. The third kappa shape index (κ3) is 1.88. The SMILES string of the molecule is O=C1NC(c2ccc([N+](=O)[O-])cc2)CO1. The Morgan fingerprint density at radius 1 is 1.40 bits per heavy atom. The summed E-state index contributed by atoms with van der Waals surface area (Å²) < 4.78 is 4.71. The maximum Gasteiger partial charge on any atom is 0.407 e. The summed E-state index contributed by atoms with van der Waals surface area (Å²) in [6, 6.07) is 5.81. The molecule has 1 fully saturated rings. The summed E-state index contributed by atoms with van der Waals surface area (Å²) in [6.07, 6.45) is -0.460. The summed E-state index contributed by atoms with van der Waals surface area (Å²) in [5, 5.41) is 13.0. The Hall–Kier alpha value is -2.11. The number of cyclic esters (lactones) is 1. The molecule has 0 aromatic heterocycles. The summed E-state index contributed by atoms with van der Waals surface area (Å²) in [7, 11) is 0. The first-order valence-corrected chi connectivity index (χ1v) is 4.34. The number of nitrogens with zero attached hydrogens (tertiary/aromatic N) is 1. The van der Waals surface area contributed by atoms with Gasteiger partial charge in [-0.05, 0) is 5.56 Å². The van der Waals surface area contributed by atoms with Crippen LogP contribution in [-0.4, -0.2) is 17.6 Å². The van der Waals surface area contributed by atoms with Crippen molar-refractivity contribution in [2.75, 3.05) is 6.61 Å². The van der Waals surface area contributed by atoms with Gasteiger partial charge in [0.2, 0.25) is 0 Å². The van der Waals surface area contributed by atoms with Gasteiger partial charge < -0.3 is 10.1 Å². The molecular weight excluding hydrogens is 200 g/mol. The Balaban J connectivity index is 2.17. The molecule has 0 saturated carbocycles. The van der Waals surface area contributed by atoms with Crippen LogP contribution in [0.2, 0.25) is 0 Å². The van der Waals surface area contributed by atoms with Crippen LogP contribution in [0.3, 0.4) is 0 Å². The minimum atomic E-state index is -0.465. The monoisotopic (exact) mass is 208 g/mol. The molecule has 1 saturated heterocycles. The molecule has 1 aliphatic rings. The molecule has 6 nitrogen and oxygen atoms in total. The van der Waals surface area contributed by atoms with Crippen LogP contribution in [0.5, 0.6) is 0 Å². The van der Waals surface area contributed by atoms with Crippen molar-refractivity contribution in [2.45, 2.75) is 6.04 Å². The fraction of sp³-hybridized carbons (Fsp3) is 0.222. The second-order valence-corrected chi connectivity index (χ2v) is 3.14. The molecule has 1 aliphatic heterocycles. The molecule has 1 heterocycles. The van der Waals surface area contributed by atoms with Gasteiger partial charge in [-0.1, -0.05) is 12.1 Å². The largest absolute Gasteiger partial charge is 0.447 e. The van der Waals surface area contributed by atoms with E-state index in [-0.39, 0.29) is 18.3 Å². The minimum Gasteiger partial charge on any atom is -0.447 e. The average molecular weight is 208 g/mol. The van der Waals surface area contributed by atoms with E-state index in [1.165, 1.54) is 12.1 Å². The molecule has 0 radical (unpaired) electrons. The Morgan fingerprint density at radius 3 is 2.53 bits per heavy atom. The number of non-ortho nitro benzene ring substituents is 1. The number of hydrogen-bond acceptors (Lipinski definition) is 4. The maximum atomic E-state index is 10.8. The van der Waals surface area contributed by atoms with Crippen molar-refractivity contribution in [1.29, 1.82) is 0 Å². The molecule has 2 rings (SSSR count). The zero-order valence-corrected chi connectivity index (χ0v) is 7.67. The van der Waals surface area contributed by atoms with Gasteiger partial charge >= 0.3 is 6.09 Å². The molecule has 1 aromatic carbocycles. The van der Waals surface area contributed by atoms with E-state index in [1.54, 1.807) is 12.1 Å². The van der Waals surface area contributed by atoms with Gasteiger partial charge in [-0.25, -0.2) is 4.79 Å². The van der Waals surface area contributed by atoms with E-state index < -0.39 is 11.0 Å². The molecule has 0 aliphatic carbocycles. The molecule has 1 N–H and O–H groups in total. The highest BCUT2D eigenvalue weighted by atomic mass is 16.6. The number of nitrogens with one attached hydrogen (secondary N) is 1. The second kappa shape index (κ2) is 3.56. The molecule has 1 aromatic rings. The van der Waals surface area contributed by atoms with E-state index in [1.807, 2.05) is 0 Å². The molecular formula is C9H8N2O4. The van der Waals surface area contributed by atoms with Crippen LogP contribution in [0.25, 0.3) is 0 Å². The summed E-state index contributed by atoms with van der Waals surface area (Å²) >= 11 is 0. The molecule has 6 heteroatoms. The normalized spacial score (nSPS) is 19.5. The number of rotatable bonds is 2. The van der Waals surface area contributed by atoms with Crippen LogP contribution < -0.4 is 5.32 Å². The molecule has 0 bridgehead atoms. The van der Waals surface area contributed by atoms with Gasteiger partial charge in [-0.2, -0.15) is 0 Å². The van der Waals surface area contributed by atoms with Crippen molar-refractivity contribution in [3.05, 3.63) is 39.9 Å². The predicted octanol–water partition coefficient (Wildman–Crippen LogP) is 1.38. The van der Waals surface area contributed by atoms with E-state index in [0.29, 0.717) is 0 Å². The van der Waals surface area contributed by atoms with Gasteiger partial charge in [0.25, 0.3) is 5.69 Å². The van der Waals surface area contributed by atoms with Gasteiger partial charge in [0.15, 0.2) is 0 Å². The number of ether oxygens (including phenoxy) is 1. The highest BCUT2D eigenvalue weighted by Crippen LogP contribution is 2.20. The highest BCUT2D eigenvalue weighted by Gasteiger charge is 2.23. The van der Waals surface area contributed by atoms with E-state index >= 15 is 0 Å². The Morgan fingerprint density at radius 2 is 2.07 bits per heavy atom. The number of hydrogen-bond donors (Lipinski definition) is 1. The van der Waals surface area contributed by atoms with Crippen molar-refractivity contribution in [1.82, 2.24) is 5.32 Å². The maximum absolute atomic E-state index is 10.8. The topological polar surface area (TPSA) is 81.5 Å². The van der Waals surface area contributed by atoms with Crippen molar-refractivity contribution in [2.24, 2.45) is 0 Å². The Bertz CT molecular complexity index is 401. The molecule has 78 valence electrons. The van der Waals surface area contributed by atoms with Gasteiger partial charge in [0, 0.05) is 12.1 Å². The second-order valence-electron chi connectivity index (χ2n) is 3.14. The summed E-state index contributed by atoms with van der Waals surface area (Å²) in [4.78, 5) is 20.7. The van der Waals surface area contributed by atoms with Crippen LogP contribution in [0.4, 0.5) is 10.5 Å². The average Bonchev–Trinajstić information content (AvgIpc) is 2.65. The molecule has 15 heavy (non-hydrogen) atoms. The zero-order valence-electron chi connectivity index (χ0n) is 7.67. The van der Waals surface area contributed by atoms with Crippen molar-refractivity contribution >= 4 is 11.8 Å². The smallest absolute Gasteiger partial charge is 0.407 e. The lowest BCUT2D eigenvalue weighted by Crippen LogP contribution is -2.18. The van der Waals surface area contributed by atoms with Gasteiger partial charge in [-0.3, -0.25) is 10.1 Å². The van der Waals surface area contributed by atoms with Crippen LogP contribution in [0, 0.1) is 10.1 Å². The molecule has 0 spiro atoms. The van der Waals surface area contributed by atoms with E-state index in [9.17, 15) is 14.9 Å². The first kappa shape index (κ1) is 9.45. The van der Waals surface area contributed by atoms with E-state index in [4.69, 9.17) is 4.74 Å². The van der Waals surface area contributed by atoms with Gasteiger partial charge in [-0.15, -0.1) is 0 Å². The number of nitro benzene ring substituents is 1. The van der Waals surface area contributed by atoms with Gasteiger partial charge in [0.05, 0.1) is 11.0 Å².